The van der Waals surface area contributed by atoms with Crippen LogP contribution in [0.3, 0.4) is 0 Å². The fraction of sp³-hybridized carbons (Fsp3) is 0.484. The number of aromatic nitrogens is 1. The van der Waals surface area contributed by atoms with Crippen LogP contribution in [-0.4, -0.2) is 19.0 Å². The van der Waals surface area contributed by atoms with Gasteiger partial charge >= 0.3 is 5.97 Å². The highest BCUT2D eigenvalue weighted by Crippen LogP contribution is 2.33. The van der Waals surface area contributed by atoms with E-state index in [1.165, 1.54) is 56.2 Å². The Morgan fingerprint density at radius 2 is 1.50 bits per heavy atom. The molecule has 0 saturated carbocycles. The number of ether oxygens (including phenoxy) is 1. The predicted octanol–water partition coefficient (Wildman–Crippen LogP) is 9.79. The summed E-state index contributed by atoms with van der Waals surface area (Å²) in [6.45, 7) is 9.36. The second-order valence-corrected chi connectivity index (χ2v) is 17.0. The van der Waals surface area contributed by atoms with Crippen LogP contribution in [0, 0.1) is 0 Å². The number of benzene rings is 2. The quantitative estimate of drug-likeness (QED) is 0.0864. The number of unbranched alkanes of at least 4 members (excludes halogenated alkanes) is 4. The third-order valence-corrected chi connectivity index (χ3v) is 11.3. The minimum atomic E-state index is -1.17. The lowest BCUT2D eigenvalue weighted by Gasteiger charge is -2.21. The molecule has 0 bridgehead atoms. The molecule has 0 aliphatic carbocycles. The van der Waals surface area contributed by atoms with Gasteiger partial charge in [0.2, 0.25) is 0 Å². The van der Waals surface area contributed by atoms with Crippen LogP contribution in [0.5, 0.6) is 5.75 Å². The van der Waals surface area contributed by atoms with Crippen LogP contribution in [0.2, 0.25) is 25.2 Å². The lowest BCUT2D eigenvalue weighted by atomic mass is 10.0. The Hall–Kier alpha value is -2.24. The minimum Gasteiger partial charge on any atom is -0.427 e. The molecule has 0 amide bonds. The van der Waals surface area contributed by atoms with Crippen molar-refractivity contribution in [1.29, 1.82) is 0 Å². The first-order valence-corrected chi connectivity index (χ1v) is 18.0. The molecule has 3 rings (SSSR count). The predicted molar refractivity (Wildman–Crippen MR) is 158 cm³/mol. The second kappa shape index (κ2) is 14.5. The molecule has 0 unspecified atom stereocenters. The zero-order valence-electron chi connectivity index (χ0n) is 22.6. The standard InChI is InChI=1S/C31H43NO2SSi/c1-5-7-9-10-12-25-14-16-27(17-15-25)31-32-24-29(35-31)26-18-20-28(21-19-26)34-30(33)13-11-23-36(3,4)22-8-6-2/h14-21,24H,5-13,22-23H2,1-4H3. The molecular formula is C31H43NO2SSi. The highest BCUT2D eigenvalue weighted by atomic mass is 32.1. The van der Waals surface area contributed by atoms with E-state index in [2.05, 4.69) is 56.2 Å². The monoisotopic (exact) mass is 521 g/mol. The zero-order valence-corrected chi connectivity index (χ0v) is 24.5. The molecule has 0 spiro atoms. The molecule has 0 atom stereocenters. The number of hydrogen-bond donors (Lipinski definition) is 0. The summed E-state index contributed by atoms with van der Waals surface area (Å²) in [6.07, 6.45) is 12.3. The molecule has 1 heterocycles. The van der Waals surface area contributed by atoms with E-state index in [-0.39, 0.29) is 5.97 Å². The van der Waals surface area contributed by atoms with Crippen molar-refractivity contribution in [2.75, 3.05) is 0 Å². The zero-order chi connectivity index (χ0) is 25.8. The lowest BCUT2D eigenvalue weighted by Crippen LogP contribution is -2.25. The average Bonchev–Trinajstić information content (AvgIpc) is 3.36. The number of nitrogens with zero attached hydrogens (tertiary/aromatic N) is 1. The van der Waals surface area contributed by atoms with Crippen molar-refractivity contribution in [1.82, 2.24) is 4.98 Å². The normalized spacial score (nSPS) is 11.6. The van der Waals surface area contributed by atoms with Crippen LogP contribution in [0.25, 0.3) is 21.0 Å². The number of hydrogen-bond acceptors (Lipinski definition) is 4. The summed E-state index contributed by atoms with van der Waals surface area (Å²) >= 11 is 1.69. The van der Waals surface area contributed by atoms with Crippen molar-refractivity contribution in [3.8, 4) is 26.8 Å². The second-order valence-electron chi connectivity index (χ2n) is 10.7. The van der Waals surface area contributed by atoms with Crippen molar-refractivity contribution in [2.45, 2.75) is 96.8 Å². The molecule has 3 nitrogen and oxygen atoms in total. The van der Waals surface area contributed by atoms with Gasteiger partial charge in [-0.1, -0.05) is 95.4 Å². The van der Waals surface area contributed by atoms with Crippen molar-refractivity contribution < 1.29 is 9.53 Å². The Bertz CT molecular complexity index is 1060. The van der Waals surface area contributed by atoms with Gasteiger partial charge in [0.1, 0.15) is 10.8 Å². The van der Waals surface area contributed by atoms with Crippen LogP contribution in [0.4, 0.5) is 0 Å². The van der Waals surface area contributed by atoms with E-state index in [4.69, 9.17) is 4.74 Å². The Balaban J connectivity index is 1.49. The Kier molecular flexibility index (Phi) is 11.4. The highest BCUT2D eigenvalue weighted by Gasteiger charge is 2.20. The van der Waals surface area contributed by atoms with E-state index in [1.807, 2.05) is 30.5 Å². The number of esters is 1. The van der Waals surface area contributed by atoms with Crippen LogP contribution in [-0.2, 0) is 11.2 Å². The highest BCUT2D eigenvalue weighted by molar-refractivity contribution is 7.18. The molecule has 0 N–H and O–H groups in total. The molecule has 5 heteroatoms. The largest absolute Gasteiger partial charge is 0.427 e. The van der Waals surface area contributed by atoms with E-state index >= 15 is 0 Å². The first-order chi connectivity index (χ1) is 17.4. The summed E-state index contributed by atoms with van der Waals surface area (Å²) in [7, 11) is -1.17. The summed E-state index contributed by atoms with van der Waals surface area (Å²) in [6, 6.07) is 19.2. The van der Waals surface area contributed by atoms with E-state index in [0.717, 1.165) is 33.9 Å². The van der Waals surface area contributed by atoms with Crippen molar-refractivity contribution >= 4 is 25.4 Å². The molecule has 3 aromatic rings. The number of carbonyl (C=O) groups is 1. The maximum atomic E-state index is 12.3. The molecule has 194 valence electrons. The molecule has 1 aromatic heterocycles. The molecule has 0 radical (unpaired) electrons. The SMILES string of the molecule is CCCCCCc1ccc(-c2ncc(-c3ccc(OC(=O)CCC[Si](C)(C)CCCC)cc3)s2)cc1. The van der Waals surface area contributed by atoms with Crippen LogP contribution >= 0.6 is 11.3 Å². The fourth-order valence-electron chi connectivity index (χ4n) is 4.47. The Labute approximate surface area is 223 Å². The van der Waals surface area contributed by atoms with E-state index < -0.39 is 8.07 Å². The molecule has 2 aromatic carbocycles. The van der Waals surface area contributed by atoms with Gasteiger partial charge in [0.25, 0.3) is 0 Å². The molecule has 36 heavy (non-hydrogen) atoms. The molecule has 0 saturated heterocycles. The van der Waals surface area contributed by atoms with Gasteiger partial charge in [-0.3, -0.25) is 4.79 Å². The van der Waals surface area contributed by atoms with E-state index in [9.17, 15) is 4.79 Å². The van der Waals surface area contributed by atoms with Gasteiger partial charge < -0.3 is 4.74 Å². The smallest absolute Gasteiger partial charge is 0.311 e. The summed E-state index contributed by atoms with van der Waals surface area (Å²) in [5.74, 6) is 0.488. The number of carbonyl (C=O) groups excluding carboxylic acids is 1. The Morgan fingerprint density at radius 3 is 2.19 bits per heavy atom. The van der Waals surface area contributed by atoms with Gasteiger partial charge in [-0.15, -0.1) is 11.3 Å². The topological polar surface area (TPSA) is 39.2 Å². The maximum absolute atomic E-state index is 12.3. The third-order valence-electron chi connectivity index (χ3n) is 6.84. The number of thiazole rings is 1. The summed E-state index contributed by atoms with van der Waals surface area (Å²) in [4.78, 5) is 18.1. The molecule has 0 aliphatic heterocycles. The summed E-state index contributed by atoms with van der Waals surface area (Å²) < 4.78 is 5.59. The third kappa shape index (κ3) is 9.33. The fourth-order valence-corrected chi connectivity index (χ4v) is 8.09. The first kappa shape index (κ1) is 28.3. The van der Waals surface area contributed by atoms with Gasteiger partial charge in [-0.05, 0) is 54.7 Å². The van der Waals surface area contributed by atoms with Gasteiger partial charge in [-0.2, -0.15) is 0 Å². The van der Waals surface area contributed by atoms with Crippen molar-refractivity contribution in [2.24, 2.45) is 0 Å². The van der Waals surface area contributed by atoms with Gasteiger partial charge in [0, 0.05) is 26.3 Å². The van der Waals surface area contributed by atoms with Gasteiger partial charge in [0.05, 0.1) is 4.88 Å². The van der Waals surface area contributed by atoms with Crippen molar-refractivity contribution in [3.05, 3.63) is 60.3 Å². The minimum absolute atomic E-state index is 0.128. The summed E-state index contributed by atoms with van der Waals surface area (Å²) in [5.41, 5.74) is 3.66. The van der Waals surface area contributed by atoms with Gasteiger partial charge in [-0.25, -0.2) is 4.98 Å². The van der Waals surface area contributed by atoms with Gasteiger partial charge in [0.15, 0.2) is 0 Å². The molecular weight excluding hydrogens is 478 g/mol. The van der Waals surface area contributed by atoms with Crippen LogP contribution in [0.15, 0.2) is 54.7 Å². The Morgan fingerprint density at radius 1 is 0.833 bits per heavy atom. The average molecular weight is 522 g/mol. The molecule has 0 aliphatic rings. The van der Waals surface area contributed by atoms with Crippen molar-refractivity contribution in [3.63, 3.8) is 0 Å². The number of rotatable bonds is 15. The summed E-state index contributed by atoms with van der Waals surface area (Å²) in [5, 5.41) is 1.03. The first-order valence-electron chi connectivity index (χ1n) is 13.8. The number of aryl methyl sites for hydroxylation is 1. The van der Waals surface area contributed by atoms with E-state index in [0.29, 0.717) is 12.2 Å². The van der Waals surface area contributed by atoms with Crippen LogP contribution in [0.1, 0.15) is 70.8 Å². The lowest BCUT2D eigenvalue weighted by molar-refractivity contribution is -0.134. The van der Waals surface area contributed by atoms with Crippen LogP contribution < -0.4 is 4.74 Å². The maximum Gasteiger partial charge on any atom is 0.311 e. The van der Waals surface area contributed by atoms with E-state index in [1.54, 1.807) is 11.3 Å². The molecule has 0 fully saturated rings.